The Bertz CT molecular complexity index is 1080. The van der Waals surface area contributed by atoms with Crippen molar-refractivity contribution in [1.29, 1.82) is 0 Å². The molecule has 5 nitrogen and oxygen atoms in total. The molecule has 1 N–H and O–H groups in total. The van der Waals surface area contributed by atoms with Crippen LogP contribution in [0, 0.1) is 0 Å². The van der Waals surface area contributed by atoms with Gasteiger partial charge in [0.05, 0.1) is 23.1 Å². The van der Waals surface area contributed by atoms with Crippen LogP contribution in [0.4, 0.5) is 0 Å². The lowest BCUT2D eigenvalue weighted by atomic mass is 10.0. The highest BCUT2D eigenvalue weighted by atomic mass is 16.2. The summed E-state index contributed by atoms with van der Waals surface area (Å²) in [6, 6.07) is 26.9. The fourth-order valence-corrected chi connectivity index (χ4v) is 3.11. The highest BCUT2D eigenvalue weighted by molar-refractivity contribution is 6.13. The maximum Gasteiger partial charge on any atom is 0.262 e. The number of fused-ring (bicyclic) bond motifs is 1. The third-order valence-electron chi connectivity index (χ3n) is 4.65. The van der Waals surface area contributed by atoms with Crippen molar-refractivity contribution in [2.45, 2.75) is 13.0 Å². The lowest BCUT2D eigenvalue weighted by Crippen LogP contribution is -2.28. The quantitative estimate of drug-likeness (QED) is 0.425. The van der Waals surface area contributed by atoms with Crippen molar-refractivity contribution in [2.24, 2.45) is 5.10 Å². The largest absolute Gasteiger partial charge is 0.318 e. The summed E-state index contributed by atoms with van der Waals surface area (Å²) in [7, 11) is 0. The molecular formula is C23H20N4O. The van der Waals surface area contributed by atoms with E-state index in [1.54, 1.807) is 6.33 Å². The van der Waals surface area contributed by atoms with Gasteiger partial charge in [-0.25, -0.2) is 10.4 Å². The van der Waals surface area contributed by atoms with E-state index in [9.17, 15) is 4.79 Å². The van der Waals surface area contributed by atoms with Crippen LogP contribution in [0.1, 0.15) is 24.1 Å². The Morgan fingerprint density at radius 3 is 2.11 bits per heavy atom. The molecular weight excluding hydrogens is 348 g/mol. The van der Waals surface area contributed by atoms with Crippen molar-refractivity contribution < 1.29 is 4.79 Å². The molecule has 1 atom stereocenters. The number of benzene rings is 3. The second kappa shape index (κ2) is 7.88. The highest BCUT2D eigenvalue weighted by Crippen LogP contribution is 2.17. The molecule has 1 aromatic heterocycles. The Kier molecular flexibility index (Phi) is 4.97. The van der Waals surface area contributed by atoms with Crippen LogP contribution in [-0.4, -0.2) is 21.2 Å². The van der Waals surface area contributed by atoms with E-state index in [4.69, 9.17) is 0 Å². The van der Waals surface area contributed by atoms with Gasteiger partial charge < -0.3 is 4.57 Å². The van der Waals surface area contributed by atoms with Gasteiger partial charge >= 0.3 is 0 Å². The highest BCUT2D eigenvalue weighted by Gasteiger charge is 2.17. The zero-order valence-electron chi connectivity index (χ0n) is 15.5. The van der Waals surface area contributed by atoms with E-state index in [2.05, 4.69) is 15.5 Å². The molecule has 4 aromatic rings. The van der Waals surface area contributed by atoms with Crippen molar-refractivity contribution in [3.63, 3.8) is 0 Å². The number of aromatic nitrogens is 2. The summed E-state index contributed by atoms with van der Waals surface area (Å²) in [5.41, 5.74) is 7.11. The maximum atomic E-state index is 12.8. The molecule has 4 rings (SSSR count). The van der Waals surface area contributed by atoms with Crippen LogP contribution in [0.15, 0.2) is 96.4 Å². The van der Waals surface area contributed by atoms with Crippen LogP contribution >= 0.6 is 0 Å². The van der Waals surface area contributed by atoms with E-state index < -0.39 is 6.04 Å². The number of hydrogen-bond acceptors (Lipinski definition) is 3. The number of hydrogen-bond donors (Lipinski definition) is 1. The summed E-state index contributed by atoms with van der Waals surface area (Å²) < 4.78 is 1.85. The van der Waals surface area contributed by atoms with Gasteiger partial charge in [0.25, 0.3) is 5.91 Å². The molecule has 5 heteroatoms. The van der Waals surface area contributed by atoms with Gasteiger partial charge in [0.1, 0.15) is 6.04 Å². The zero-order chi connectivity index (χ0) is 19.3. The fraction of sp³-hybridized carbons (Fsp3) is 0.0870. The number of nitrogens with zero attached hydrogens (tertiary/aromatic N) is 3. The summed E-state index contributed by atoms with van der Waals surface area (Å²) >= 11 is 0. The molecule has 0 spiro atoms. The van der Waals surface area contributed by atoms with Gasteiger partial charge in [-0.15, -0.1) is 0 Å². The molecule has 3 aromatic carbocycles. The molecule has 0 aliphatic heterocycles. The smallest absolute Gasteiger partial charge is 0.262 e. The Morgan fingerprint density at radius 1 is 0.893 bits per heavy atom. The lowest BCUT2D eigenvalue weighted by molar-refractivity contribution is -0.123. The Labute approximate surface area is 163 Å². The number of rotatable bonds is 5. The van der Waals surface area contributed by atoms with Gasteiger partial charge in [0.15, 0.2) is 0 Å². The van der Waals surface area contributed by atoms with Crippen molar-refractivity contribution in [3.05, 3.63) is 102 Å². The third kappa shape index (κ3) is 3.55. The summed E-state index contributed by atoms with van der Waals surface area (Å²) in [6.07, 6.45) is 1.69. The first-order valence-corrected chi connectivity index (χ1v) is 9.14. The van der Waals surface area contributed by atoms with E-state index in [0.717, 1.165) is 27.9 Å². The second-order valence-electron chi connectivity index (χ2n) is 6.49. The molecule has 0 saturated heterocycles. The van der Waals surface area contributed by atoms with E-state index in [1.165, 1.54) is 0 Å². The summed E-state index contributed by atoms with van der Waals surface area (Å²) in [4.78, 5) is 17.1. The number of para-hydroxylation sites is 2. The topological polar surface area (TPSA) is 59.3 Å². The number of imidazole rings is 1. The monoisotopic (exact) mass is 368 g/mol. The van der Waals surface area contributed by atoms with E-state index >= 15 is 0 Å². The van der Waals surface area contributed by atoms with Gasteiger partial charge in [0.2, 0.25) is 0 Å². The molecule has 0 radical (unpaired) electrons. The minimum atomic E-state index is -0.441. The number of carbonyl (C=O) groups excluding carboxylic acids is 1. The van der Waals surface area contributed by atoms with Crippen molar-refractivity contribution in [1.82, 2.24) is 15.0 Å². The van der Waals surface area contributed by atoms with Crippen LogP contribution in [0.2, 0.25) is 0 Å². The minimum Gasteiger partial charge on any atom is -0.318 e. The van der Waals surface area contributed by atoms with E-state index in [-0.39, 0.29) is 5.91 Å². The molecule has 1 unspecified atom stereocenters. The van der Waals surface area contributed by atoms with Gasteiger partial charge in [-0.1, -0.05) is 72.8 Å². The van der Waals surface area contributed by atoms with Crippen molar-refractivity contribution >= 4 is 22.7 Å². The second-order valence-corrected chi connectivity index (χ2v) is 6.49. The average molecular weight is 368 g/mol. The van der Waals surface area contributed by atoms with Crippen LogP contribution in [-0.2, 0) is 4.79 Å². The molecule has 1 heterocycles. The Balaban J connectivity index is 1.62. The first-order chi connectivity index (χ1) is 13.7. The van der Waals surface area contributed by atoms with Crippen molar-refractivity contribution in [2.75, 3.05) is 0 Å². The first kappa shape index (κ1) is 17.7. The normalized spacial score (nSPS) is 11.8. The van der Waals surface area contributed by atoms with Gasteiger partial charge in [0, 0.05) is 11.1 Å². The fourth-order valence-electron chi connectivity index (χ4n) is 3.11. The molecule has 0 aliphatic carbocycles. The first-order valence-electron chi connectivity index (χ1n) is 9.14. The lowest BCUT2D eigenvalue weighted by Gasteiger charge is -2.14. The van der Waals surface area contributed by atoms with Gasteiger partial charge in [-0.2, -0.15) is 5.10 Å². The number of nitrogens with one attached hydrogen (secondary N) is 1. The van der Waals surface area contributed by atoms with Gasteiger partial charge in [-0.3, -0.25) is 4.79 Å². The molecule has 0 saturated carbocycles. The molecule has 1 amide bonds. The molecule has 0 aliphatic rings. The Hall–Kier alpha value is -3.73. The van der Waals surface area contributed by atoms with Crippen LogP contribution in [0.5, 0.6) is 0 Å². The minimum absolute atomic E-state index is 0.201. The number of hydrazone groups is 1. The predicted octanol–water partition coefficient (Wildman–Crippen LogP) is 4.17. The molecule has 0 bridgehead atoms. The van der Waals surface area contributed by atoms with Crippen LogP contribution in [0.3, 0.4) is 0 Å². The molecule has 0 fully saturated rings. The SMILES string of the molecule is CC(C(=O)NN=C(c1ccccc1)c1ccccc1)n1cnc2ccccc21. The number of carbonyl (C=O) groups is 1. The summed E-state index contributed by atoms with van der Waals surface area (Å²) in [5.74, 6) is -0.201. The summed E-state index contributed by atoms with van der Waals surface area (Å²) in [6.45, 7) is 1.84. The summed E-state index contributed by atoms with van der Waals surface area (Å²) in [5, 5.41) is 4.46. The molecule has 138 valence electrons. The number of amides is 1. The predicted molar refractivity (Wildman–Crippen MR) is 111 cm³/mol. The average Bonchev–Trinajstić information content (AvgIpc) is 3.19. The van der Waals surface area contributed by atoms with Crippen LogP contribution in [0.25, 0.3) is 11.0 Å². The Morgan fingerprint density at radius 2 is 1.46 bits per heavy atom. The zero-order valence-corrected chi connectivity index (χ0v) is 15.5. The van der Waals surface area contributed by atoms with Gasteiger partial charge in [-0.05, 0) is 19.1 Å². The van der Waals surface area contributed by atoms with E-state index in [0.29, 0.717) is 0 Å². The van der Waals surface area contributed by atoms with Crippen molar-refractivity contribution in [3.8, 4) is 0 Å². The maximum absolute atomic E-state index is 12.8. The molecule has 28 heavy (non-hydrogen) atoms. The van der Waals surface area contributed by atoms with E-state index in [1.807, 2.05) is 96.4 Å². The third-order valence-corrected chi connectivity index (χ3v) is 4.65. The van der Waals surface area contributed by atoms with Crippen LogP contribution < -0.4 is 5.43 Å². The standard InChI is InChI=1S/C23H20N4O/c1-17(27-16-24-20-14-8-9-15-21(20)27)23(28)26-25-22(18-10-4-2-5-11-18)19-12-6-3-7-13-19/h2-17H,1H3,(H,26,28).